The first-order valence-electron chi connectivity index (χ1n) is 6.01. The molecule has 0 aliphatic heterocycles. The smallest absolute Gasteiger partial charge is 0.310 e. The maximum absolute atomic E-state index is 11.9. The average Bonchev–Trinajstić information content (AvgIpc) is 3.03. The Bertz CT molecular complexity index is 532. The number of hydrogen-bond donors (Lipinski definition) is 2. The summed E-state index contributed by atoms with van der Waals surface area (Å²) >= 11 is 0. The number of hydrogen-bond acceptors (Lipinski definition) is 5. The summed E-state index contributed by atoms with van der Waals surface area (Å²) in [6.45, 7) is 4.01. The average molecular weight is 251 g/mol. The third-order valence-electron chi connectivity index (χ3n) is 3.25. The fourth-order valence-corrected chi connectivity index (χ4v) is 1.75. The predicted molar refractivity (Wildman–Crippen MR) is 66.2 cm³/mol. The molecule has 1 aliphatic rings. The molecule has 1 heterocycles. The summed E-state index contributed by atoms with van der Waals surface area (Å²) in [5, 5.41) is 0. The van der Waals surface area contributed by atoms with Crippen LogP contribution in [0.2, 0.25) is 0 Å². The number of nitrogens with zero attached hydrogens (tertiary/aromatic N) is 1. The first-order valence-corrected chi connectivity index (χ1v) is 6.01. The Morgan fingerprint density at radius 2 is 2.22 bits per heavy atom. The summed E-state index contributed by atoms with van der Waals surface area (Å²) < 4.78 is 4.79. The molecule has 0 atom stereocenters. The zero-order valence-electron chi connectivity index (χ0n) is 10.6. The molecule has 1 fully saturated rings. The second-order valence-electron chi connectivity index (χ2n) is 4.82. The number of nitrogen functional groups attached to an aromatic ring is 1. The molecule has 0 aromatic carbocycles. The highest BCUT2D eigenvalue weighted by Gasteiger charge is 2.42. The van der Waals surface area contributed by atoms with Crippen molar-refractivity contribution >= 4 is 11.8 Å². The topological polar surface area (TPSA) is 98.1 Å². The monoisotopic (exact) mass is 251 g/mol. The van der Waals surface area contributed by atoms with Gasteiger partial charge in [0.15, 0.2) is 0 Å². The van der Waals surface area contributed by atoms with Gasteiger partial charge in [-0.25, -0.2) is 4.98 Å². The van der Waals surface area contributed by atoms with Crippen LogP contribution in [-0.4, -0.2) is 22.5 Å². The lowest BCUT2D eigenvalue weighted by molar-refractivity contribution is -0.142. The van der Waals surface area contributed by atoms with Gasteiger partial charge in [-0.15, -0.1) is 0 Å². The van der Waals surface area contributed by atoms with Gasteiger partial charge in [-0.05, 0) is 19.8 Å². The van der Waals surface area contributed by atoms with Crippen molar-refractivity contribution in [2.75, 3.05) is 12.3 Å². The molecule has 2 rings (SSSR count). The van der Waals surface area contributed by atoms with Crippen LogP contribution in [0.25, 0.3) is 0 Å². The third-order valence-corrected chi connectivity index (χ3v) is 3.25. The van der Waals surface area contributed by atoms with Gasteiger partial charge in [0.1, 0.15) is 11.6 Å². The quantitative estimate of drug-likeness (QED) is 0.760. The maximum atomic E-state index is 11.9. The Balaban J connectivity index is 2.27. The zero-order valence-corrected chi connectivity index (χ0v) is 10.6. The molecule has 6 nitrogen and oxygen atoms in total. The highest BCUT2D eigenvalue weighted by molar-refractivity contribution is 5.74. The molecule has 6 heteroatoms. The number of esters is 1. The number of aromatic nitrogens is 2. The maximum Gasteiger partial charge on any atom is 0.310 e. The molecule has 1 aromatic heterocycles. The molecule has 3 N–H and O–H groups in total. The van der Waals surface area contributed by atoms with Crippen molar-refractivity contribution in [1.29, 1.82) is 0 Å². The van der Waals surface area contributed by atoms with E-state index in [2.05, 4.69) is 9.97 Å². The van der Waals surface area contributed by atoms with E-state index in [1.807, 2.05) is 6.92 Å². The summed E-state index contributed by atoms with van der Waals surface area (Å²) in [6, 6.07) is 0. The van der Waals surface area contributed by atoms with Crippen LogP contribution in [0.3, 0.4) is 0 Å². The van der Waals surface area contributed by atoms with E-state index < -0.39 is 5.97 Å². The number of ether oxygens (including phenoxy) is 1. The van der Waals surface area contributed by atoms with Gasteiger partial charge in [0.05, 0.1) is 18.6 Å². The van der Waals surface area contributed by atoms with E-state index in [4.69, 9.17) is 10.5 Å². The molecule has 18 heavy (non-hydrogen) atoms. The van der Waals surface area contributed by atoms with Gasteiger partial charge >= 0.3 is 5.97 Å². The van der Waals surface area contributed by atoms with Crippen LogP contribution < -0.4 is 11.3 Å². The van der Waals surface area contributed by atoms with Crippen molar-refractivity contribution in [3.05, 3.63) is 21.7 Å². The Morgan fingerprint density at radius 3 is 2.72 bits per heavy atom. The normalized spacial score (nSPS) is 16.3. The molecular weight excluding hydrogens is 234 g/mol. The first kappa shape index (κ1) is 12.6. The number of nitrogens with one attached hydrogen (secondary N) is 1. The van der Waals surface area contributed by atoms with E-state index in [1.54, 1.807) is 6.92 Å². The Hall–Kier alpha value is -1.85. The van der Waals surface area contributed by atoms with Gasteiger partial charge in [-0.1, -0.05) is 6.92 Å². The molecule has 1 aromatic rings. The fourth-order valence-electron chi connectivity index (χ4n) is 1.75. The summed E-state index contributed by atoms with van der Waals surface area (Å²) in [4.78, 5) is 30.2. The molecule has 98 valence electrons. The fraction of sp³-hybridized carbons (Fsp3) is 0.583. The third kappa shape index (κ3) is 2.37. The van der Waals surface area contributed by atoms with E-state index in [9.17, 15) is 9.59 Å². The number of rotatable bonds is 4. The lowest BCUT2D eigenvalue weighted by Crippen LogP contribution is -2.25. The Kier molecular flexibility index (Phi) is 3.11. The molecular formula is C12H17N3O3. The number of anilines is 1. The van der Waals surface area contributed by atoms with Crippen molar-refractivity contribution < 1.29 is 9.53 Å². The molecule has 0 amide bonds. The lowest BCUT2D eigenvalue weighted by atomic mass is 10.1. The minimum Gasteiger partial charge on any atom is -0.466 e. The first-order chi connectivity index (χ1) is 8.46. The highest BCUT2D eigenvalue weighted by atomic mass is 16.5. The molecule has 0 spiro atoms. The van der Waals surface area contributed by atoms with Gasteiger partial charge in [0.2, 0.25) is 0 Å². The van der Waals surface area contributed by atoms with Crippen LogP contribution in [0.4, 0.5) is 5.82 Å². The standard InChI is InChI=1S/C12H17N3O3/c1-3-18-8(16)6-7-9(13)14-11(15-10(7)17)12(2)4-5-12/h3-6H2,1-2H3,(H3,13,14,15,17). The Morgan fingerprint density at radius 1 is 1.56 bits per heavy atom. The minimum absolute atomic E-state index is 0.0598. The van der Waals surface area contributed by atoms with Crippen molar-refractivity contribution in [3.8, 4) is 0 Å². The number of H-pyrrole nitrogens is 1. The molecule has 0 radical (unpaired) electrons. The van der Waals surface area contributed by atoms with Crippen molar-refractivity contribution in [1.82, 2.24) is 9.97 Å². The van der Waals surface area contributed by atoms with Crippen LogP contribution in [0.5, 0.6) is 0 Å². The number of aromatic amines is 1. The Labute approximate surface area is 105 Å². The van der Waals surface area contributed by atoms with Crippen molar-refractivity contribution in [2.24, 2.45) is 0 Å². The molecule has 0 saturated heterocycles. The number of carbonyl (C=O) groups excluding carboxylic acids is 1. The van der Waals surface area contributed by atoms with E-state index in [0.717, 1.165) is 12.8 Å². The van der Waals surface area contributed by atoms with E-state index in [-0.39, 0.29) is 35.4 Å². The zero-order chi connectivity index (χ0) is 13.3. The summed E-state index contributed by atoms with van der Waals surface area (Å²) in [6.07, 6.45) is 1.85. The lowest BCUT2D eigenvalue weighted by Gasteiger charge is -2.10. The number of nitrogens with two attached hydrogens (primary N) is 1. The summed E-state index contributed by atoms with van der Waals surface area (Å²) in [7, 11) is 0. The van der Waals surface area contributed by atoms with Gasteiger partial charge in [-0.2, -0.15) is 0 Å². The van der Waals surface area contributed by atoms with Crippen LogP contribution in [0.1, 0.15) is 38.1 Å². The van der Waals surface area contributed by atoms with Crippen LogP contribution in [-0.2, 0) is 21.4 Å². The van der Waals surface area contributed by atoms with Gasteiger partial charge in [-0.3, -0.25) is 9.59 Å². The van der Waals surface area contributed by atoms with Crippen LogP contribution >= 0.6 is 0 Å². The molecule has 0 bridgehead atoms. The highest BCUT2D eigenvalue weighted by Crippen LogP contribution is 2.45. The molecule has 1 aliphatic carbocycles. The summed E-state index contributed by atoms with van der Waals surface area (Å²) in [5.74, 6) is 0.259. The summed E-state index contributed by atoms with van der Waals surface area (Å²) in [5.41, 5.74) is 5.53. The van der Waals surface area contributed by atoms with E-state index in [1.165, 1.54) is 0 Å². The van der Waals surface area contributed by atoms with Crippen LogP contribution in [0, 0.1) is 0 Å². The molecule has 0 unspecified atom stereocenters. The predicted octanol–water partition coefficient (Wildman–Crippen LogP) is 0.509. The van der Waals surface area contributed by atoms with Crippen molar-refractivity contribution in [2.45, 2.75) is 38.5 Å². The minimum atomic E-state index is -0.470. The second-order valence-corrected chi connectivity index (χ2v) is 4.82. The molecule has 1 saturated carbocycles. The van der Waals surface area contributed by atoms with E-state index >= 15 is 0 Å². The van der Waals surface area contributed by atoms with Gasteiger partial charge in [0.25, 0.3) is 5.56 Å². The van der Waals surface area contributed by atoms with Gasteiger partial charge in [0, 0.05) is 5.41 Å². The van der Waals surface area contributed by atoms with E-state index in [0.29, 0.717) is 5.82 Å². The van der Waals surface area contributed by atoms with Crippen LogP contribution in [0.15, 0.2) is 4.79 Å². The largest absolute Gasteiger partial charge is 0.466 e. The van der Waals surface area contributed by atoms with Crippen molar-refractivity contribution in [3.63, 3.8) is 0 Å². The van der Waals surface area contributed by atoms with Gasteiger partial charge < -0.3 is 15.5 Å². The SMILES string of the molecule is CCOC(=O)Cc1c(N)nc(C2(C)CC2)[nH]c1=O. The second kappa shape index (κ2) is 4.44. The number of carbonyl (C=O) groups is 1.